The smallest absolute Gasteiger partial charge is 0.254 e. The van der Waals surface area contributed by atoms with Gasteiger partial charge in [-0.25, -0.2) is 0 Å². The summed E-state index contributed by atoms with van der Waals surface area (Å²) in [6, 6.07) is 8.01. The second-order valence-electron chi connectivity index (χ2n) is 4.56. The molecule has 1 amide bonds. The number of hydrogen-bond donors (Lipinski definition) is 0. The van der Waals surface area contributed by atoms with E-state index in [2.05, 4.69) is 0 Å². The maximum Gasteiger partial charge on any atom is 0.254 e. The summed E-state index contributed by atoms with van der Waals surface area (Å²) in [6.45, 7) is 3.47. The van der Waals surface area contributed by atoms with Gasteiger partial charge in [0.1, 0.15) is 0 Å². The van der Waals surface area contributed by atoms with Crippen LogP contribution in [0.2, 0.25) is 0 Å². The van der Waals surface area contributed by atoms with Gasteiger partial charge in [0.2, 0.25) is 0 Å². The highest BCUT2D eigenvalue weighted by Gasteiger charge is 2.29. The van der Waals surface area contributed by atoms with Crippen LogP contribution in [0, 0.1) is 6.92 Å². The van der Waals surface area contributed by atoms with E-state index in [1.807, 2.05) is 36.1 Å². The molecule has 0 unspecified atom stereocenters. The van der Waals surface area contributed by atoms with E-state index in [1.54, 1.807) is 7.11 Å². The molecule has 1 aromatic rings. The zero-order chi connectivity index (χ0) is 12.3. The summed E-state index contributed by atoms with van der Waals surface area (Å²) in [4.78, 5) is 14.4. The number of amides is 1. The van der Waals surface area contributed by atoms with Gasteiger partial charge in [-0.1, -0.05) is 18.2 Å². The van der Waals surface area contributed by atoms with E-state index >= 15 is 0 Å². The molecule has 0 N–H and O–H groups in total. The van der Waals surface area contributed by atoms with Gasteiger partial charge < -0.3 is 9.64 Å². The fourth-order valence-corrected chi connectivity index (χ4v) is 2.44. The summed E-state index contributed by atoms with van der Waals surface area (Å²) in [7, 11) is 1.69. The fourth-order valence-electron chi connectivity index (χ4n) is 2.44. The normalized spacial score (nSPS) is 19.6. The molecule has 1 aliphatic rings. The zero-order valence-electron chi connectivity index (χ0n) is 10.5. The van der Waals surface area contributed by atoms with Gasteiger partial charge in [0.05, 0.1) is 12.6 Å². The molecule has 0 radical (unpaired) electrons. The molecule has 0 aromatic heterocycles. The van der Waals surface area contributed by atoms with Crippen LogP contribution in [-0.2, 0) is 4.74 Å². The van der Waals surface area contributed by atoms with Crippen LogP contribution in [-0.4, -0.2) is 37.1 Å². The minimum absolute atomic E-state index is 0.141. The first-order valence-electron chi connectivity index (χ1n) is 6.09. The minimum atomic E-state index is 0.141. The average Bonchev–Trinajstić information content (AvgIpc) is 2.78. The standard InChI is InChI=1S/C14H19NO2/c1-11-6-3-4-8-13(11)14(16)15-9-5-7-12(15)10-17-2/h3-4,6,8,12H,5,7,9-10H2,1-2H3/t12-/m0/s1. The third-order valence-corrected chi connectivity index (χ3v) is 3.37. The summed E-state index contributed by atoms with van der Waals surface area (Å²) in [5, 5.41) is 0. The summed E-state index contributed by atoms with van der Waals surface area (Å²) >= 11 is 0. The molecule has 0 bridgehead atoms. The first kappa shape index (κ1) is 12.1. The van der Waals surface area contributed by atoms with Gasteiger partial charge in [0.15, 0.2) is 0 Å². The van der Waals surface area contributed by atoms with Crippen LogP contribution in [0.25, 0.3) is 0 Å². The molecule has 1 atom stereocenters. The lowest BCUT2D eigenvalue weighted by atomic mass is 10.1. The third kappa shape index (κ3) is 2.50. The van der Waals surface area contributed by atoms with Crippen LogP contribution in [0.1, 0.15) is 28.8 Å². The Balaban J connectivity index is 2.17. The summed E-state index contributed by atoms with van der Waals surface area (Å²) in [5.74, 6) is 0.141. The number of likely N-dealkylation sites (tertiary alicyclic amines) is 1. The topological polar surface area (TPSA) is 29.5 Å². The second-order valence-corrected chi connectivity index (χ2v) is 4.56. The van der Waals surface area contributed by atoms with E-state index in [0.29, 0.717) is 6.61 Å². The number of aryl methyl sites for hydroxylation is 1. The number of rotatable bonds is 3. The van der Waals surface area contributed by atoms with E-state index in [1.165, 1.54) is 0 Å². The Morgan fingerprint density at radius 2 is 2.24 bits per heavy atom. The lowest BCUT2D eigenvalue weighted by molar-refractivity contribution is 0.0630. The molecule has 0 saturated carbocycles. The number of ether oxygens (including phenoxy) is 1. The van der Waals surface area contributed by atoms with E-state index in [-0.39, 0.29) is 11.9 Å². The van der Waals surface area contributed by atoms with Gasteiger partial charge >= 0.3 is 0 Å². The minimum Gasteiger partial charge on any atom is -0.383 e. The van der Waals surface area contributed by atoms with Crippen molar-refractivity contribution in [2.45, 2.75) is 25.8 Å². The molecule has 0 spiro atoms. The maximum atomic E-state index is 12.4. The van der Waals surface area contributed by atoms with Gasteiger partial charge in [0, 0.05) is 19.2 Å². The molecule has 3 nitrogen and oxygen atoms in total. The zero-order valence-corrected chi connectivity index (χ0v) is 10.5. The van der Waals surface area contributed by atoms with E-state index in [4.69, 9.17) is 4.74 Å². The predicted octanol–water partition coefficient (Wildman–Crippen LogP) is 2.25. The van der Waals surface area contributed by atoms with Crippen molar-refractivity contribution in [3.63, 3.8) is 0 Å². The number of hydrogen-bond acceptors (Lipinski definition) is 2. The molecule has 1 saturated heterocycles. The van der Waals surface area contributed by atoms with Gasteiger partial charge in [-0.15, -0.1) is 0 Å². The maximum absolute atomic E-state index is 12.4. The third-order valence-electron chi connectivity index (χ3n) is 3.37. The summed E-state index contributed by atoms with van der Waals surface area (Å²) < 4.78 is 5.18. The number of nitrogens with zero attached hydrogens (tertiary/aromatic N) is 1. The number of carbonyl (C=O) groups excluding carboxylic acids is 1. The van der Waals surface area contributed by atoms with Crippen LogP contribution < -0.4 is 0 Å². The Labute approximate surface area is 102 Å². The largest absolute Gasteiger partial charge is 0.383 e. The second kappa shape index (κ2) is 5.32. The number of benzene rings is 1. The van der Waals surface area contributed by atoms with E-state index < -0.39 is 0 Å². The first-order valence-corrected chi connectivity index (χ1v) is 6.09. The molecule has 1 fully saturated rings. The SMILES string of the molecule is COC[C@@H]1CCCN1C(=O)c1ccccc1C. The molecule has 92 valence electrons. The van der Waals surface area contributed by atoms with Crippen LogP contribution in [0.15, 0.2) is 24.3 Å². The highest BCUT2D eigenvalue weighted by atomic mass is 16.5. The van der Waals surface area contributed by atoms with Crippen molar-refractivity contribution in [1.82, 2.24) is 4.90 Å². The number of carbonyl (C=O) groups is 1. The van der Waals surface area contributed by atoms with Crippen LogP contribution in [0.4, 0.5) is 0 Å². The highest BCUT2D eigenvalue weighted by molar-refractivity contribution is 5.96. The van der Waals surface area contributed by atoms with Gasteiger partial charge in [-0.3, -0.25) is 4.79 Å². The molecular formula is C14H19NO2. The first-order chi connectivity index (χ1) is 8.24. The van der Waals surface area contributed by atoms with Crippen molar-refractivity contribution in [3.8, 4) is 0 Å². The van der Waals surface area contributed by atoms with Gasteiger partial charge in [-0.2, -0.15) is 0 Å². The lowest BCUT2D eigenvalue weighted by Gasteiger charge is -2.24. The highest BCUT2D eigenvalue weighted by Crippen LogP contribution is 2.21. The van der Waals surface area contributed by atoms with Crippen molar-refractivity contribution in [3.05, 3.63) is 35.4 Å². The lowest BCUT2D eigenvalue weighted by Crippen LogP contribution is -2.38. The van der Waals surface area contributed by atoms with Crippen molar-refractivity contribution < 1.29 is 9.53 Å². The molecule has 1 heterocycles. The molecule has 2 rings (SSSR count). The van der Waals surface area contributed by atoms with Crippen molar-refractivity contribution in [2.24, 2.45) is 0 Å². The molecule has 1 aliphatic heterocycles. The quantitative estimate of drug-likeness (QED) is 0.801. The fraction of sp³-hybridized carbons (Fsp3) is 0.500. The summed E-state index contributed by atoms with van der Waals surface area (Å²) in [5.41, 5.74) is 1.86. The molecule has 17 heavy (non-hydrogen) atoms. The van der Waals surface area contributed by atoms with E-state index in [0.717, 1.165) is 30.5 Å². The Morgan fingerprint density at radius 3 is 2.94 bits per heavy atom. The Hall–Kier alpha value is -1.35. The van der Waals surface area contributed by atoms with Gasteiger partial charge in [-0.05, 0) is 31.4 Å². The Kier molecular flexibility index (Phi) is 3.79. The monoisotopic (exact) mass is 233 g/mol. The van der Waals surface area contributed by atoms with Crippen LogP contribution in [0.5, 0.6) is 0 Å². The van der Waals surface area contributed by atoms with Crippen LogP contribution >= 0.6 is 0 Å². The van der Waals surface area contributed by atoms with Crippen molar-refractivity contribution in [2.75, 3.05) is 20.3 Å². The molecule has 0 aliphatic carbocycles. The predicted molar refractivity (Wildman–Crippen MR) is 67.1 cm³/mol. The number of methoxy groups -OCH3 is 1. The summed E-state index contributed by atoms with van der Waals surface area (Å²) in [6.07, 6.45) is 2.12. The molecular weight excluding hydrogens is 214 g/mol. The Bertz CT molecular complexity index is 403. The van der Waals surface area contributed by atoms with Crippen LogP contribution in [0.3, 0.4) is 0 Å². The van der Waals surface area contributed by atoms with Crippen molar-refractivity contribution >= 4 is 5.91 Å². The van der Waals surface area contributed by atoms with E-state index in [9.17, 15) is 4.79 Å². The Morgan fingerprint density at radius 1 is 1.47 bits per heavy atom. The van der Waals surface area contributed by atoms with Gasteiger partial charge in [0.25, 0.3) is 5.91 Å². The molecule has 3 heteroatoms. The molecule has 1 aromatic carbocycles. The van der Waals surface area contributed by atoms with Crippen molar-refractivity contribution in [1.29, 1.82) is 0 Å². The average molecular weight is 233 g/mol.